The van der Waals surface area contributed by atoms with Crippen molar-refractivity contribution in [1.29, 1.82) is 0 Å². The van der Waals surface area contributed by atoms with Crippen LogP contribution in [0.2, 0.25) is 5.04 Å². The average molecular weight is 461 g/mol. The van der Waals surface area contributed by atoms with Crippen LogP contribution in [0, 0.1) is 5.92 Å². The number of hydrogen-bond donors (Lipinski definition) is 0. The second-order valence-corrected chi connectivity index (χ2v) is 14.7. The molecule has 0 fully saturated rings. The van der Waals surface area contributed by atoms with Crippen LogP contribution in [0.25, 0.3) is 0 Å². The maximum atomic E-state index is 7.16. The highest BCUT2D eigenvalue weighted by Gasteiger charge is 2.50. The van der Waals surface area contributed by atoms with Gasteiger partial charge in [0.25, 0.3) is 8.32 Å². The lowest BCUT2D eigenvalue weighted by molar-refractivity contribution is 0.248. The molecule has 0 spiro atoms. The fourth-order valence-electron chi connectivity index (χ4n) is 4.34. The van der Waals surface area contributed by atoms with Gasteiger partial charge in [0, 0.05) is 12.4 Å². The maximum absolute atomic E-state index is 7.16. The van der Waals surface area contributed by atoms with Crippen molar-refractivity contribution < 1.29 is 4.43 Å². The van der Waals surface area contributed by atoms with Crippen molar-refractivity contribution in [2.45, 2.75) is 38.0 Å². The highest BCUT2D eigenvalue weighted by atomic mass is 32.2. The first-order chi connectivity index (χ1) is 15.5. The normalized spacial score (nSPS) is 13.0. The van der Waals surface area contributed by atoms with Gasteiger partial charge in [-0.3, -0.25) is 0 Å². The fourth-order valence-corrected chi connectivity index (χ4v) is 10.1. The molecule has 0 unspecified atom stereocenters. The lowest BCUT2D eigenvalue weighted by Gasteiger charge is -2.43. The van der Waals surface area contributed by atoms with Gasteiger partial charge in [-0.25, -0.2) is 0 Å². The van der Waals surface area contributed by atoms with Gasteiger partial charge in [0.2, 0.25) is 0 Å². The zero-order valence-electron chi connectivity index (χ0n) is 19.7. The third kappa shape index (κ3) is 6.03. The highest BCUT2D eigenvalue weighted by Crippen LogP contribution is 2.37. The van der Waals surface area contributed by atoms with E-state index >= 15 is 0 Å². The Morgan fingerprint density at radius 1 is 0.844 bits per heavy atom. The standard InChI is InChI=1S/C29H36OSSi/c1-5-15-26(24-31-23-25-16-9-6-10-17-25)22-30-32(29(2,3)4,27-18-11-7-12-19-27)28-20-13-8-14-21-28/h5-14,16-21,26H,1,15,22-24H2,2-4H3/t26-/m0/s1. The summed E-state index contributed by atoms with van der Waals surface area (Å²) < 4.78 is 7.16. The van der Waals surface area contributed by atoms with Crippen LogP contribution >= 0.6 is 11.8 Å². The lowest BCUT2D eigenvalue weighted by Crippen LogP contribution is -2.67. The molecule has 3 rings (SSSR count). The summed E-state index contributed by atoms with van der Waals surface area (Å²) in [5.41, 5.74) is 1.38. The van der Waals surface area contributed by atoms with Crippen LogP contribution in [-0.2, 0) is 10.2 Å². The molecule has 0 amide bonds. The van der Waals surface area contributed by atoms with E-state index in [1.165, 1.54) is 15.9 Å². The quantitative estimate of drug-likeness (QED) is 0.233. The number of allylic oxidation sites excluding steroid dienone is 1. The molecule has 0 aliphatic carbocycles. The Labute approximate surface area is 200 Å². The van der Waals surface area contributed by atoms with Crippen LogP contribution in [0.3, 0.4) is 0 Å². The first-order valence-corrected chi connectivity index (χ1v) is 14.5. The largest absolute Gasteiger partial charge is 0.407 e. The molecule has 3 aromatic carbocycles. The Hall–Kier alpha value is -2.07. The molecule has 0 aliphatic rings. The third-order valence-corrected chi connectivity index (χ3v) is 12.2. The van der Waals surface area contributed by atoms with Gasteiger partial charge < -0.3 is 4.43 Å². The van der Waals surface area contributed by atoms with E-state index in [4.69, 9.17) is 4.43 Å². The summed E-state index contributed by atoms with van der Waals surface area (Å²) in [7, 11) is -2.49. The summed E-state index contributed by atoms with van der Waals surface area (Å²) in [4.78, 5) is 0. The van der Waals surface area contributed by atoms with Gasteiger partial charge in [0.15, 0.2) is 0 Å². The van der Waals surface area contributed by atoms with Crippen LogP contribution in [-0.4, -0.2) is 20.7 Å². The predicted molar refractivity (Wildman–Crippen MR) is 144 cm³/mol. The molecule has 0 aromatic heterocycles. The van der Waals surface area contributed by atoms with Gasteiger partial charge in [-0.05, 0) is 39.1 Å². The van der Waals surface area contributed by atoms with Crippen molar-refractivity contribution >= 4 is 30.5 Å². The Kier molecular flexibility index (Phi) is 8.98. The molecule has 1 atom stereocenters. The van der Waals surface area contributed by atoms with Crippen molar-refractivity contribution in [1.82, 2.24) is 0 Å². The van der Waals surface area contributed by atoms with Crippen LogP contribution in [0.5, 0.6) is 0 Å². The second kappa shape index (κ2) is 11.7. The molecule has 0 bridgehead atoms. The topological polar surface area (TPSA) is 9.23 Å². The smallest absolute Gasteiger partial charge is 0.261 e. The van der Waals surface area contributed by atoms with Crippen molar-refractivity contribution in [3.05, 3.63) is 109 Å². The summed E-state index contributed by atoms with van der Waals surface area (Å²) in [6, 6.07) is 32.5. The monoisotopic (exact) mass is 460 g/mol. The summed E-state index contributed by atoms with van der Waals surface area (Å²) in [6.07, 6.45) is 3.02. The summed E-state index contributed by atoms with van der Waals surface area (Å²) in [5, 5.41) is 2.69. The molecule has 0 saturated heterocycles. The minimum Gasteiger partial charge on any atom is -0.407 e. The zero-order chi connectivity index (χ0) is 22.9. The Bertz CT molecular complexity index is 896. The molecule has 0 saturated carbocycles. The van der Waals surface area contributed by atoms with Crippen LogP contribution in [0.1, 0.15) is 32.8 Å². The number of thioether (sulfide) groups is 1. The first kappa shape index (κ1) is 24.6. The van der Waals surface area contributed by atoms with Crippen LogP contribution < -0.4 is 10.4 Å². The molecule has 0 heterocycles. The molecule has 0 N–H and O–H groups in total. The van der Waals surface area contributed by atoms with Gasteiger partial charge >= 0.3 is 0 Å². The van der Waals surface area contributed by atoms with Gasteiger partial charge in [-0.1, -0.05) is 118 Å². The van der Waals surface area contributed by atoms with Crippen molar-refractivity contribution in [3.8, 4) is 0 Å². The van der Waals surface area contributed by atoms with E-state index < -0.39 is 8.32 Å². The average Bonchev–Trinajstić information content (AvgIpc) is 2.80. The SMILES string of the molecule is C=CC[C@@H](CO[Si](c1ccccc1)(c1ccccc1)C(C)(C)C)CSCc1ccccc1. The van der Waals surface area contributed by atoms with Crippen molar-refractivity contribution in [2.24, 2.45) is 5.92 Å². The summed E-state index contributed by atoms with van der Waals surface area (Å²) in [6.45, 7) is 11.8. The van der Waals surface area contributed by atoms with Crippen LogP contribution in [0.4, 0.5) is 0 Å². The molecule has 0 radical (unpaired) electrons. The molecular formula is C29H36OSSi. The molecular weight excluding hydrogens is 424 g/mol. The van der Waals surface area contributed by atoms with E-state index in [2.05, 4.69) is 118 Å². The van der Waals surface area contributed by atoms with Gasteiger partial charge in [0.1, 0.15) is 0 Å². The number of rotatable bonds is 11. The maximum Gasteiger partial charge on any atom is 0.261 e. The molecule has 3 aromatic rings. The van der Waals surface area contributed by atoms with E-state index in [1.54, 1.807) is 0 Å². The fraction of sp³-hybridized carbons (Fsp3) is 0.310. The van der Waals surface area contributed by atoms with E-state index in [0.717, 1.165) is 24.5 Å². The molecule has 0 aliphatic heterocycles. The van der Waals surface area contributed by atoms with E-state index in [9.17, 15) is 0 Å². The second-order valence-electron chi connectivity index (χ2n) is 9.37. The Morgan fingerprint density at radius 3 is 1.81 bits per heavy atom. The van der Waals surface area contributed by atoms with Crippen molar-refractivity contribution in [3.63, 3.8) is 0 Å². The van der Waals surface area contributed by atoms with E-state index in [1.807, 2.05) is 17.8 Å². The molecule has 1 nitrogen and oxygen atoms in total. The van der Waals surface area contributed by atoms with E-state index in [-0.39, 0.29) is 5.04 Å². The Balaban J connectivity index is 1.84. The zero-order valence-corrected chi connectivity index (χ0v) is 21.5. The minimum absolute atomic E-state index is 0.00557. The van der Waals surface area contributed by atoms with Gasteiger partial charge in [0.05, 0.1) is 0 Å². The molecule has 32 heavy (non-hydrogen) atoms. The van der Waals surface area contributed by atoms with Crippen LogP contribution in [0.15, 0.2) is 104 Å². The van der Waals surface area contributed by atoms with Gasteiger partial charge in [-0.15, -0.1) is 6.58 Å². The Morgan fingerprint density at radius 2 is 1.34 bits per heavy atom. The van der Waals surface area contributed by atoms with E-state index in [0.29, 0.717) is 5.92 Å². The first-order valence-electron chi connectivity index (χ1n) is 11.4. The molecule has 3 heteroatoms. The third-order valence-electron chi connectivity index (χ3n) is 5.92. The predicted octanol–water partition coefficient (Wildman–Crippen LogP) is 6.69. The summed E-state index contributed by atoms with van der Waals surface area (Å²) >= 11 is 1.99. The van der Waals surface area contributed by atoms with Gasteiger partial charge in [-0.2, -0.15) is 11.8 Å². The minimum atomic E-state index is -2.49. The highest BCUT2D eigenvalue weighted by molar-refractivity contribution is 7.98. The number of hydrogen-bond acceptors (Lipinski definition) is 2. The number of benzene rings is 3. The summed E-state index contributed by atoms with van der Waals surface area (Å²) in [5.74, 6) is 2.55. The van der Waals surface area contributed by atoms with Crippen molar-refractivity contribution in [2.75, 3.05) is 12.4 Å². The lowest BCUT2D eigenvalue weighted by atomic mass is 10.1. The molecule has 168 valence electrons.